The third-order valence-electron chi connectivity index (χ3n) is 3.94. The number of aromatic nitrogens is 1. The van der Waals surface area contributed by atoms with Gasteiger partial charge in [-0.05, 0) is 29.3 Å². The number of benzene rings is 2. The molecule has 0 saturated heterocycles. The second-order valence-electron chi connectivity index (χ2n) is 5.84. The lowest BCUT2D eigenvalue weighted by Crippen LogP contribution is -2.19. The zero-order chi connectivity index (χ0) is 19.9. The molecular weight excluding hydrogens is 370 g/mol. The Kier molecular flexibility index (Phi) is 5.91. The van der Waals surface area contributed by atoms with Gasteiger partial charge in [0.25, 0.3) is 5.82 Å². The van der Waals surface area contributed by atoms with Gasteiger partial charge in [0.05, 0.1) is 5.75 Å². The van der Waals surface area contributed by atoms with Crippen LogP contribution in [0.15, 0.2) is 65.7 Å². The molecule has 0 aliphatic carbocycles. The van der Waals surface area contributed by atoms with Crippen molar-refractivity contribution in [2.24, 2.45) is 0 Å². The molecule has 3 aromatic rings. The standard InChI is InChI=1S/C21H15N5OS/c22-11-16-10-17(12-23)21(26-20(16)24)28-13-19(27)25-18-8-6-15(7-9-18)14-4-2-1-3-5-14/h1-10H,13H2,(H2,24,26)(H,25,27)/p+1. The van der Waals surface area contributed by atoms with E-state index in [0.717, 1.165) is 22.9 Å². The molecule has 136 valence electrons. The van der Waals surface area contributed by atoms with Gasteiger partial charge in [-0.2, -0.15) is 10.5 Å². The molecule has 0 saturated carbocycles. The lowest BCUT2D eigenvalue weighted by Gasteiger charge is -2.07. The van der Waals surface area contributed by atoms with E-state index in [1.54, 1.807) is 0 Å². The topological polar surface area (TPSA) is 117 Å². The third kappa shape index (κ3) is 4.47. The first-order valence-electron chi connectivity index (χ1n) is 8.35. The van der Waals surface area contributed by atoms with Crippen molar-refractivity contribution in [2.45, 2.75) is 5.03 Å². The minimum absolute atomic E-state index is 0.0942. The number of rotatable bonds is 5. The van der Waals surface area contributed by atoms with Gasteiger partial charge in [-0.3, -0.25) is 10.5 Å². The number of thioether (sulfide) groups is 1. The monoisotopic (exact) mass is 386 g/mol. The van der Waals surface area contributed by atoms with Crippen molar-refractivity contribution in [3.8, 4) is 23.3 Å². The van der Waals surface area contributed by atoms with Gasteiger partial charge in [0.2, 0.25) is 5.91 Å². The van der Waals surface area contributed by atoms with Crippen LogP contribution < -0.4 is 16.0 Å². The Morgan fingerprint density at radius 2 is 1.64 bits per heavy atom. The Bertz CT molecular complexity index is 1080. The fourth-order valence-corrected chi connectivity index (χ4v) is 3.34. The highest BCUT2D eigenvalue weighted by Gasteiger charge is 2.16. The molecule has 1 aromatic heterocycles. The summed E-state index contributed by atoms with van der Waals surface area (Å²) in [5, 5.41) is 21.5. The second kappa shape index (κ2) is 8.72. The maximum absolute atomic E-state index is 12.2. The average Bonchev–Trinajstić information content (AvgIpc) is 2.73. The van der Waals surface area contributed by atoms with E-state index >= 15 is 0 Å². The Hall–Kier alpha value is -3.81. The summed E-state index contributed by atoms with van der Waals surface area (Å²) >= 11 is 1.15. The van der Waals surface area contributed by atoms with Crippen molar-refractivity contribution in [1.82, 2.24) is 0 Å². The summed E-state index contributed by atoms with van der Waals surface area (Å²) in [6, 6.07) is 22.9. The maximum Gasteiger partial charge on any atom is 0.289 e. The van der Waals surface area contributed by atoms with E-state index in [1.165, 1.54) is 6.07 Å². The molecule has 1 heterocycles. The molecular formula is C21H16N5OS+. The quantitative estimate of drug-likeness (QED) is 0.653. The largest absolute Gasteiger partial charge is 0.325 e. The van der Waals surface area contributed by atoms with Gasteiger partial charge in [-0.1, -0.05) is 54.2 Å². The molecule has 7 heteroatoms. The molecule has 0 atom stereocenters. The number of hydrogen-bond acceptors (Lipinski definition) is 5. The number of amides is 1. The van der Waals surface area contributed by atoms with E-state index < -0.39 is 0 Å². The van der Waals surface area contributed by atoms with Crippen LogP contribution in [0.4, 0.5) is 11.5 Å². The highest BCUT2D eigenvalue weighted by Crippen LogP contribution is 2.22. The number of nitrogens with one attached hydrogen (secondary N) is 2. The normalized spacial score (nSPS) is 9.93. The number of nitrogen functional groups attached to an aromatic ring is 1. The number of hydrogen-bond donors (Lipinski definition) is 2. The maximum atomic E-state index is 12.2. The van der Waals surface area contributed by atoms with Gasteiger partial charge in [-0.15, -0.1) is 0 Å². The first-order valence-corrected chi connectivity index (χ1v) is 9.33. The first kappa shape index (κ1) is 19.0. The molecule has 0 spiro atoms. The molecule has 3 rings (SSSR count). The van der Waals surface area contributed by atoms with E-state index in [2.05, 4.69) is 10.3 Å². The third-order valence-corrected chi connectivity index (χ3v) is 4.95. The molecule has 0 aliphatic heterocycles. The van der Waals surface area contributed by atoms with Crippen LogP contribution >= 0.6 is 11.8 Å². The number of aromatic amines is 1. The van der Waals surface area contributed by atoms with Crippen LogP contribution in [0, 0.1) is 22.7 Å². The molecule has 4 N–H and O–H groups in total. The molecule has 0 aliphatic rings. The van der Waals surface area contributed by atoms with Gasteiger partial charge in [0, 0.05) is 5.69 Å². The minimum Gasteiger partial charge on any atom is -0.325 e. The SMILES string of the molecule is N#Cc1cc(C#N)c(SCC(=O)Nc2ccc(-c3ccccc3)cc2)[nH+]c1N. The Morgan fingerprint density at radius 3 is 2.29 bits per heavy atom. The Balaban J connectivity index is 1.63. The van der Waals surface area contributed by atoms with E-state index in [1.807, 2.05) is 66.7 Å². The van der Waals surface area contributed by atoms with Gasteiger partial charge < -0.3 is 5.32 Å². The predicted octanol–water partition coefficient (Wildman–Crippen LogP) is 3.22. The van der Waals surface area contributed by atoms with Crippen LogP contribution in [-0.4, -0.2) is 11.7 Å². The van der Waals surface area contributed by atoms with E-state index in [0.29, 0.717) is 10.7 Å². The Morgan fingerprint density at radius 1 is 1.00 bits per heavy atom. The summed E-state index contributed by atoms with van der Waals surface area (Å²) in [5.41, 5.74) is 9.08. The zero-order valence-electron chi connectivity index (χ0n) is 14.8. The molecule has 2 aromatic carbocycles. The highest BCUT2D eigenvalue weighted by atomic mass is 32.2. The number of nitrogens with two attached hydrogens (primary N) is 1. The van der Waals surface area contributed by atoms with Gasteiger partial charge in [0.1, 0.15) is 23.3 Å². The van der Waals surface area contributed by atoms with Gasteiger partial charge >= 0.3 is 0 Å². The second-order valence-corrected chi connectivity index (χ2v) is 6.83. The van der Waals surface area contributed by atoms with Crippen LogP contribution in [0.25, 0.3) is 11.1 Å². The fraction of sp³-hybridized carbons (Fsp3) is 0.0476. The predicted molar refractivity (Wildman–Crippen MR) is 108 cm³/mol. The number of pyridine rings is 1. The van der Waals surface area contributed by atoms with E-state index in [4.69, 9.17) is 11.0 Å². The van der Waals surface area contributed by atoms with E-state index in [9.17, 15) is 10.1 Å². The number of anilines is 2. The first-order chi connectivity index (χ1) is 13.6. The molecule has 0 unspecified atom stereocenters. The summed E-state index contributed by atoms with van der Waals surface area (Å²) in [6.45, 7) is 0. The van der Waals surface area contributed by atoms with Crippen LogP contribution in [0.1, 0.15) is 11.1 Å². The van der Waals surface area contributed by atoms with Crippen molar-refractivity contribution in [3.05, 3.63) is 71.8 Å². The van der Waals surface area contributed by atoms with Crippen molar-refractivity contribution in [3.63, 3.8) is 0 Å². The average molecular weight is 386 g/mol. The van der Waals surface area contributed by atoms with E-state index in [-0.39, 0.29) is 28.6 Å². The number of carbonyl (C=O) groups excluding carboxylic acids is 1. The minimum atomic E-state index is -0.210. The lowest BCUT2D eigenvalue weighted by molar-refractivity contribution is -0.410. The molecule has 28 heavy (non-hydrogen) atoms. The van der Waals surface area contributed by atoms with Crippen LogP contribution in [0.5, 0.6) is 0 Å². The number of H-pyrrole nitrogens is 1. The van der Waals surface area contributed by atoms with Crippen molar-refractivity contribution >= 4 is 29.2 Å². The summed E-state index contributed by atoms with van der Waals surface area (Å²) in [5.74, 6) is 0.0512. The number of nitriles is 2. The summed E-state index contributed by atoms with van der Waals surface area (Å²) in [7, 11) is 0. The summed E-state index contributed by atoms with van der Waals surface area (Å²) in [6.07, 6.45) is 0. The van der Waals surface area contributed by atoms with Gasteiger partial charge in [-0.25, -0.2) is 4.98 Å². The molecule has 1 amide bonds. The fourth-order valence-electron chi connectivity index (χ4n) is 2.55. The molecule has 0 radical (unpaired) electrons. The Labute approximate surface area is 166 Å². The molecule has 0 fully saturated rings. The zero-order valence-corrected chi connectivity index (χ0v) is 15.6. The molecule has 0 bridgehead atoms. The lowest BCUT2D eigenvalue weighted by atomic mass is 10.1. The van der Waals surface area contributed by atoms with Crippen molar-refractivity contribution < 1.29 is 9.78 Å². The number of nitrogens with zero attached hydrogens (tertiary/aromatic N) is 2. The smallest absolute Gasteiger partial charge is 0.289 e. The summed E-state index contributed by atoms with van der Waals surface area (Å²) < 4.78 is 0. The number of carbonyl (C=O) groups is 1. The van der Waals surface area contributed by atoms with Crippen LogP contribution in [0.2, 0.25) is 0 Å². The van der Waals surface area contributed by atoms with Crippen molar-refractivity contribution in [1.29, 1.82) is 10.5 Å². The van der Waals surface area contributed by atoms with Crippen LogP contribution in [-0.2, 0) is 4.79 Å². The van der Waals surface area contributed by atoms with Crippen LogP contribution in [0.3, 0.4) is 0 Å². The summed E-state index contributed by atoms with van der Waals surface area (Å²) in [4.78, 5) is 15.0. The van der Waals surface area contributed by atoms with Gasteiger partial charge in [0.15, 0.2) is 5.03 Å². The highest BCUT2D eigenvalue weighted by molar-refractivity contribution is 7.99. The molecule has 6 nitrogen and oxygen atoms in total. The van der Waals surface area contributed by atoms with Crippen molar-refractivity contribution in [2.75, 3.05) is 16.8 Å².